The summed E-state index contributed by atoms with van der Waals surface area (Å²) in [4.78, 5) is 0. The fraction of sp³-hybridized carbons (Fsp3) is 0.250. The molecule has 0 heterocycles. The second-order valence-electron chi connectivity index (χ2n) is 4.36. The number of halogens is 2. The molecule has 0 aliphatic rings. The van der Waals surface area contributed by atoms with Crippen molar-refractivity contribution in [2.75, 3.05) is 13.7 Å². The van der Waals surface area contributed by atoms with Gasteiger partial charge in [-0.2, -0.15) is 0 Å². The summed E-state index contributed by atoms with van der Waals surface area (Å²) in [5, 5.41) is 3.22. The first-order valence-electron chi connectivity index (χ1n) is 6.51. The van der Waals surface area contributed by atoms with Crippen LogP contribution in [-0.4, -0.2) is 13.7 Å². The van der Waals surface area contributed by atoms with E-state index in [9.17, 15) is 4.39 Å². The molecule has 106 valence electrons. The molecular formula is C16H17BrFNO. The molecule has 2 aromatic carbocycles. The first kappa shape index (κ1) is 15.0. The Morgan fingerprint density at radius 3 is 2.65 bits per heavy atom. The summed E-state index contributed by atoms with van der Waals surface area (Å²) in [5.41, 5.74) is 1.84. The molecule has 1 N–H and O–H groups in total. The van der Waals surface area contributed by atoms with Gasteiger partial charge in [0.1, 0.15) is 11.6 Å². The number of rotatable bonds is 5. The van der Waals surface area contributed by atoms with Gasteiger partial charge in [0.05, 0.1) is 12.6 Å². The zero-order valence-corrected chi connectivity index (χ0v) is 13.1. The maximum absolute atomic E-state index is 13.5. The summed E-state index contributed by atoms with van der Waals surface area (Å²) in [7, 11) is 1.85. The van der Waals surface area contributed by atoms with E-state index >= 15 is 0 Å². The maximum Gasteiger partial charge on any atom is 0.124 e. The highest BCUT2D eigenvalue weighted by Gasteiger charge is 2.19. The number of nitrogens with one attached hydrogen (secondary N) is 1. The van der Waals surface area contributed by atoms with E-state index in [1.54, 1.807) is 6.07 Å². The van der Waals surface area contributed by atoms with Crippen molar-refractivity contribution in [1.29, 1.82) is 0 Å². The van der Waals surface area contributed by atoms with E-state index in [0.29, 0.717) is 6.61 Å². The summed E-state index contributed by atoms with van der Waals surface area (Å²) in [5.74, 6) is 0.558. The molecule has 2 aromatic rings. The fourth-order valence-electron chi connectivity index (χ4n) is 2.22. The Labute approximate surface area is 127 Å². The molecule has 0 amide bonds. The van der Waals surface area contributed by atoms with Gasteiger partial charge in [0.2, 0.25) is 0 Å². The lowest BCUT2D eigenvalue weighted by Gasteiger charge is -2.21. The monoisotopic (exact) mass is 337 g/mol. The van der Waals surface area contributed by atoms with Gasteiger partial charge in [0.25, 0.3) is 0 Å². The summed E-state index contributed by atoms with van der Waals surface area (Å²) in [6.07, 6.45) is 0. The first-order valence-corrected chi connectivity index (χ1v) is 7.30. The molecule has 20 heavy (non-hydrogen) atoms. The molecular weight excluding hydrogens is 321 g/mol. The second kappa shape index (κ2) is 6.86. The van der Waals surface area contributed by atoms with E-state index < -0.39 is 0 Å². The molecule has 0 aromatic heterocycles. The molecule has 2 nitrogen and oxygen atoms in total. The lowest BCUT2D eigenvalue weighted by molar-refractivity contribution is 0.334. The average Bonchev–Trinajstić information content (AvgIpc) is 2.45. The largest absolute Gasteiger partial charge is 0.494 e. The lowest BCUT2D eigenvalue weighted by Crippen LogP contribution is -2.19. The molecule has 1 unspecified atom stereocenters. The highest BCUT2D eigenvalue weighted by molar-refractivity contribution is 9.10. The lowest BCUT2D eigenvalue weighted by atomic mass is 9.98. The smallest absolute Gasteiger partial charge is 0.124 e. The molecule has 2 rings (SSSR count). The van der Waals surface area contributed by atoms with Crippen molar-refractivity contribution < 1.29 is 9.13 Å². The summed E-state index contributed by atoms with van der Waals surface area (Å²) < 4.78 is 20.1. The summed E-state index contributed by atoms with van der Waals surface area (Å²) in [6.45, 7) is 2.54. The topological polar surface area (TPSA) is 21.3 Å². The Balaban J connectivity index is 2.49. The van der Waals surface area contributed by atoms with Gasteiger partial charge in [-0.05, 0) is 43.8 Å². The zero-order valence-electron chi connectivity index (χ0n) is 11.5. The normalized spacial score (nSPS) is 12.2. The van der Waals surface area contributed by atoms with Crippen LogP contribution >= 0.6 is 15.9 Å². The quantitative estimate of drug-likeness (QED) is 0.878. The summed E-state index contributed by atoms with van der Waals surface area (Å²) >= 11 is 3.49. The minimum atomic E-state index is -0.252. The van der Waals surface area contributed by atoms with Crippen LogP contribution in [0.15, 0.2) is 46.9 Å². The minimum Gasteiger partial charge on any atom is -0.494 e. The van der Waals surface area contributed by atoms with Crippen LogP contribution in [0.3, 0.4) is 0 Å². The Morgan fingerprint density at radius 2 is 1.95 bits per heavy atom. The third kappa shape index (κ3) is 3.19. The molecule has 4 heteroatoms. The van der Waals surface area contributed by atoms with Crippen LogP contribution in [0.4, 0.5) is 4.39 Å². The van der Waals surface area contributed by atoms with Crippen LogP contribution in [0.5, 0.6) is 5.75 Å². The van der Waals surface area contributed by atoms with Gasteiger partial charge in [-0.25, -0.2) is 4.39 Å². The predicted octanol–water partition coefficient (Wildman–Crippen LogP) is 4.30. The van der Waals surface area contributed by atoms with Crippen LogP contribution in [0.1, 0.15) is 24.1 Å². The SMILES string of the molecule is CCOc1ccccc1C(NC)c1cc(F)ccc1Br. The third-order valence-corrected chi connectivity index (χ3v) is 3.81. The van der Waals surface area contributed by atoms with Crippen molar-refractivity contribution in [3.05, 3.63) is 63.9 Å². The second-order valence-corrected chi connectivity index (χ2v) is 5.21. The molecule has 0 saturated carbocycles. The molecule has 0 aliphatic heterocycles. The van der Waals surface area contributed by atoms with Gasteiger partial charge < -0.3 is 10.1 Å². The van der Waals surface area contributed by atoms with Gasteiger partial charge in [-0.15, -0.1) is 0 Å². The van der Waals surface area contributed by atoms with E-state index in [1.165, 1.54) is 12.1 Å². The van der Waals surface area contributed by atoms with Crippen LogP contribution in [0.2, 0.25) is 0 Å². The van der Waals surface area contributed by atoms with Crippen molar-refractivity contribution in [3.8, 4) is 5.75 Å². The van der Waals surface area contributed by atoms with Crippen LogP contribution < -0.4 is 10.1 Å². The number of ether oxygens (including phenoxy) is 1. The Kier molecular flexibility index (Phi) is 5.15. The predicted molar refractivity (Wildman–Crippen MR) is 82.6 cm³/mol. The maximum atomic E-state index is 13.5. The highest BCUT2D eigenvalue weighted by atomic mass is 79.9. The van der Waals surface area contributed by atoms with Gasteiger partial charge in [-0.1, -0.05) is 34.1 Å². The molecule has 0 fully saturated rings. The standard InChI is InChI=1S/C16H17BrFNO/c1-3-20-15-7-5-4-6-12(15)16(19-2)13-10-11(18)8-9-14(13)17/h4-10,16,19H,3H2,1-2H3. The average molecular weight is 338 g/mol. The van der Waals surface area contributed by atoms with Gasteiger partial charge in [0.15, 0.2) is 0 Å². The fourth-order valence-corrected chi connectivity index (χ4v) is 2.70. The molecule has 0 aliphatic carbocycles. The van der Waals surface area contributed by atoms with Gasteiger partial charge in [0, 0.05) is 10.0 Å². The summed E-state index contributed by atoms with van der Waals surface area (Å²) in [6, 6.07) is 12.4. The van der Waals surface area contributed by atoms with Crippen LogP contribution in [0, 0.1) is 5.82 Å². The molecule has 0 bridgehead atoms. The van der Waals surface area contributed by atoms with Crippen molar-refractivity contribution in [3.63, 3.8) is 0 Å². The molecule has 0 spiro atoms. The Morgan fingerprint density at radius 1 is 1.20 bits per heavy atom. The first-order chi connectivity index (χ1) is 9.67. The molecule has 0 saturated heterocycles. The molecule has 1 atom stereocenters. The minimum absolute atomic E-state index is 0.136. The third-order valence-electron chi connectivity index (χ3n) is 3.09. The van der Waals surface area contributed by atoms with E-state index in [4.69, 9.17) is 4.74 Å². The van der Waals surface area contributed by atoms with Crippen molar-refractivity contribution >= 4 is 15.9 Å². The number of para-hydroxylation sites is 1. The van der Waals surface area contributed by atoms with E-state index in [1.807, 2.05) is 38.2 Å². The zero-order chi connectivity index (χ0) is 14.5. The van der Waals surface area contributed by atoms with Crippen LogP contribution in [0.25, 0.3) is 0 Å². The highest BCUT2D eigenvalue weighted by Crippen LogP contribution is 2.33. The van der Waals surface area contributed by atoms with Gasteiger partial charge >= 0.3 is 0 Å². The Hall–Kier alpha value is -1.39. The van der Waals surface area contributed by atoms with Crippen molar-refractivity contribution in [2.45, 2.75) is 13.0 Å². The Bertz CT molecular complexity index is 588. The number of hydrogen-bond donors (Lipinski definition) is 1. The van der Waals surface area contributed by atoms with E-state index in [2.05, 4.69) is 21.2 Å². The van der Waals surface area contributed by atoms with Gasteiger partial charge in [-0.3, -0.25) is 0 Å². The number of hydrogen-bond acceptors (Lipinski definition) is 2. The number of benzene rings is 2. The van der Waals surface area contributed by atoms with Crippen LogP contribution in [-0.2, 0) is 0 Å². The van der Waals surface area contributed by atoms with Crippen molar-refractivity contribution in [2.24, 2.45) is 0 Å². The van der Waals surface area contributed by atoms with E-state index in [-0.39, 0.29) is 11.9 Å². The van der Waals surface area contributed by atoms with Crippen molar-refractivity contribution in [1.82, 2.24) is 5.32 Å². The molecule has 0 radical (unpaired) electrons. The van der Waals surface area contributed by atoms with E-state index in [0.717, 1.165) is 21.3 Å².